The molecule has 1 aromatic heterocycles. The van der Waals surface area contributed by atoms with Gasteiger partial charge in [-0.3, -0.25) is 0 Å². The van der Waals surface area contributed by atoms with Crippen molar-refractivity contribution in [1.29, 1.82) is 0 Å². The van der Waals surface area contributed by atoms with Crippen molar-refractivity contribution in [3.63, 3.8) is 0 Å². The molecule has 1 atom stereocenters. The summed E-state index contributed by atoms with van der Waals surface area (Å²) in [6.45, 7) is 2.06. The predicted molar refractivity (Wildman–Crippen MR) is 79.3 cm³/mol. The maximum absolute atomic E-state index is 10.5. The SMILES string of the molecule is Cc1cc(Br)c(C(O)c2ccc3c(c2)CCC3)s1. The summed E-state index contributed by atoms with van der Waals surface area (Å²) in [6.07, 6.45) is 3.08. The van der Waals surface area contributed by atoms with E-state index in [2.05, 4.69) is 47.1 Å². The molecular weight excluding hydrogens is 308 g/mol. The molecule has 94 valence electrons. The van der Waals surface area contributed by atoms with Crippen molar-refractivity contribution < 1.29 is 5.11 Å². The zero-order valence-corrected chi connectivity index (χ0v) is 12.6. The van der Waals surface area contributed by atoms with Gasteiger partial charge in [0.1, 0.15) is 6.10 Å². The van der Waals surface area contributed by atoms with Gasteiger partial charge >= 0.3 is 0 Å². The average Bonchev–Trinajstić information content (AvgIpc) is 2.93. The first kappa shape index (κ1) is 12.4. The van der Waals surface area contributed by atoms with Crippen molar-refractivity contribution in [2.75, 3.05) is 0 Å². The summed E-state index contributed by atoms with van der Waals surface area (Å²) in [5, 5.41) is 10.5. The van der Waals surface area contributed by atoms with Crippen LogP contribution in [0.2, 0.25) is 0 Å². The van der Waals surface area contributed by atoms with Gasteiger partial charge < -0.3 is 5.11 Å². The zero-order chi connectivity index (χ0) is 12.7. The normalized spacial score (nSPS) is 15.7. The van der Waals surface area contributed by atoms with Gasteiger partial charge in [0.2, 0.25) is 0 Å². The number of aliphatic hydroxyl groups excluding tert-OH is 1. The standard InChI is InChI=1S/C15H15BrOS/c1-9-7-13(16)15(18-9)14(17)12-6-5-10-3-2-4-11(10)8-12/h5-8,14,17H,2-4H2,1H3. The van der Waals surface area contributed by atoms with E-state index in [4.69, 9.17) is 0 Å². The van der Waals surface area contributed by atoms with E-state index in [9.17, 15) is 5.11 Å². The maximum atomic E-state index is 10.5. The van der Waals surface area contributed by atoms with Crippen LogP contribution in [0.4, 0.5) is 0 Å². The van der Waals surface area contributed by atoms with E-state index >= 15 is 0 Å². The number of aliphatic hydroxyl groups is 1. The molecule has 1 aliphatic rings. The Hall–Kier alpha value is -0.640. The summed E-state index contributed by atoms with van der Waals surface area (Å²) < 4.78 is 1.01. The van der Waals surface area contributed by atoms with Gasteiger partial charge in [-0.05, 0) is 64.9 Å². The van der Waals surface area contributed by atoms with Gasteiger partial charge in [-0.1, -0.05) is 18.2 Å². The van der Waals surface area contributed by atoms with Crippen molar-refractivity contribution in [2.45, 2.75) is 32.3 Å². The molecule has 0 bridgehead atoms. The summed E-state index contributed by atoms with van der Waals surface area (Å²) in [5.74, 6) is 0. The summed E-state index contributed by atoms with van der Waals surface area (Å²) in [6, 6.07) is 8.48. The van der Waals surface area contributed by atoms with E-state index in [1.54, 1.807) is 11.3 Å². The van der Waals surface area contributed by atoms with Crippen LogP contribution in [0.5, 0.6) is 0 Å². The first-order valence-corrected chi connectivity index (χ1v) is 7.81. The van der Waals surface area contributed by atoms with Crippen LogP contribution in [0.1, 0.15) is 39.0 Å². The molecule has 3 rings (SSSR count). The van der Waals surface area contributed by atoms with Crippen LogP contribution in [0.15, 0.2) is 28.7 Å². The van der Waals surface area contributed by atoms with Crippen LogP contribution in [0.25, 0.3) is 0 Å². The number of rotatable bonds is 2. The lowest BCUT2D eigenvalue weighted by Crippen LogP contribution is -1.99. The molecule has 1 nitrogen and oxygen atoms in total. The quantitative estimate of drug-likeness (QED) is 0.869. The smallest absolute Gasteiger partial charge is 0.114 e. The first-order chi connectivity index (χ1) is 8.65. The number of aryl methyl sites for hydroxylation is 3. The number of fused-ring (bicyclic) bond motifs is 1. The maximum Gasteiger partial charge on any atom is 0.114 e. The van der Waals surface area contributed by atoms with Gasteiger partial charge in [-0.2, -0.15) is 0 Å². The van der Waals surface area contributed by atoms with Gasteiger partial charge in [0, 0.05) is 9.35 Å². The minimum atomic E-state index is -0.510. The highest BCUT2D eigenvalue weighted by Gasteiger charge is 2.19. The van der Waals surface area contributed by atoms with E-state index in [0.717, 1.165) is 21.3 Å². The minimum absolute atomic E-state index is 0.510. The number of benzene rings is 1. The lowest BCUT2D eigenvalue weighted by atomic mass is 10.0. The molecular formula is C15H15BrOS. The summed E-state index contributed by atoms with van der Waals surface area (Å²) >= 11 is 5.18. The molecule has 0 aliphatic heterocycles. The van der Waals surface area contributed by atoms with Crippen LogP contribution in [-0.4, -0.2) is 5.11 Å². The fraction of sp³-hybridized carbons (Fsp3) is 0.333. The molecule has 0 spiro atoms. The fourth-order valence-electron chi connectivity index (χ4n) is 2.60. The fourth-order valence-corrected chi connectivity index (χ4v) is 4.48. The molecule has 0 fully saturated rings. The molecule has 0 radical (unpaired) electrons. The van der Waals surface area contributed by atoms with Crippen molar-refractivity contribution in [1.82, 2.24) is 0 Å². The molecule has 3 heteroatoms. The molecule has 1 heterocycles. The molecule has 18 heavy (non-hydrogen) atoms. The van der Waals surface area contributed by atoms with E-state index in [-0.39, 0.29) is 0 Å². The lowest BCUT2D eigenvalue weighted by molar-refractivity contribution is 0.223. The Kier molecular flexibility index (Phi) is 3.31. The van der Waals surface area contributed by atoms with E-state index < -0.39 is 6.10 Å². The lowest BCUT2D eigenvalue weighted by Gasteiger charge is -2.11. The van der Waals surface area contributed by atoms with Crippen molar-refractivity contribution in [3.05, 3.63) is 55.2 Å². The molecule has 0 amide bonds. The molecule has 1 aromatic carbocycles. The van der Waals surface area contributed by atoms with Gasteiger partial charge in [0.15, 0.2) is 0 Å². The van der Waals surface area contributed by atoms with Crippen LogP contribution in [0.3, 0.4) is 0 Å². The van der Waals surface area contributed by atoms with Crippen LogP contribution in [0, 0.1) is 6.92 Å². The van der Waals surface area contributed by atoms with Crippen LogP contribution < -0.4 is 0 Å². The second-order valence-electron chi connectivity index (χ2n) is 4.85. The number of hydrogen-bond acceptors (Lipinski definition) is 2. The highest BCUT2D eigenvalue weighted by molar-refractivity contribution is 9.10. The summed E-state index contributed by atoms with van der Waals surface area (Å²) in [4.78, 5) is 2.22. The average molecular weight is 323 g/mol. The van der Waals surface area contributed by atoms with Gasteiger partial charge in [0.05, 0.1) is 4.88 Å². The molecule has 1 unspecified atom stereocenters. The third-order valence-corrected chi connectivity index (χ3v) is 5.54. The van der Waals surface area contributed by atoms with Gasteiger partial charge in [-0.25, -0.2) is 0 Å². The Morgan fingerprint density at radius 3 is 2.72 bits per heavy atom. The monoisotopic (exact) mass is 322 g/mol. The first-order valence-electron chi connectivity index (χ1n) is 6.21. The van der Waals surface area contributed by atoms with Gasteiger partial charge in [0.25, 0.3) is 0 Å². The van der Waals surface area contributed by atoms with Crippen molar-refractivity contribution in [3.8, 4) is 0 Å². The second-order valence-corrected chi connectivity index (χ2v) is 7.00. The highest BCUT2D eigenvalue weighted by Crippen LogP contribution is 2.36. The third kappa shape index (κ3) is 2.15. The number of thiophene rings is 1. The predicted octanol–water partition coefficient (Wildman–Crippen LogP) is 4.39. The van der Waals surface area contributed by atoms with Crippen LogP contribution >= 0.6 is 27.3 Å². The van der Waals surface area contributed by atoms with E-state index in [1.807, 2.05) is 0 Å². The minimum Gasteiger partial charge on any atom is -0.383 e. The second kappa shape index (κ2) is 4.80. The summed E-state index contributed by atoms with van der Waals surface area (Å²) in [7, 11) is 0. The largest absolute Gasteiger partial charge is 0.383 e. The number of halogens is 1. The Labute approximate surface area is 120 Å². The Morgan fingerprint density at radius 2 is 2.00 bits per heavy atom. The Morgan fingerprint density at radius 1 is 1.22 bits per heavy atom. The molecule has 1 aliphatic carbocycles. The molecule has 2 aromatic rings. The zero-order valence-electron chi connectivity index (χ0n) is 10.2. The van der Waals surface area contributed by atoms with E-state index in [0.29, 0.717) is 0 Å². The number of hydrogen-bond donors (Lipinski definition) is 1. The molecule has 0 saturated heterocycles. The highest BCUT2D eigenvalue weighted by atomic mass is 79.9. The van der Waals surface area contributed by atoms with E-state index in [1.165, 1.54) is 28.8 Å². The van der Waals surface area contributed by atoms with Crippen molar-refractivity contribution >= 4 is 27.3 Å². The van der Waals surface area contributed by atoms with Crippen molar-refractivity contribution in [2.24, 2.45) is 0 Å². The topological polar surface area (TPSA) is 20.2 Å². The van der Waals surface area contributed by atoms with Crippen LogP contribution in [-0.2, 0) is 12.8 Å². The van der Waals surface area contributed by atoms with Gasteiger partial charge in [-0.15, -0.1) is 11.3 Å². The molecule has 0 saturated carbocycles. The Bertz CT molecular complexity index is 588. The molecule has 1 N–H and O–H groups in total. The third-order valence-electron chi connectivity index (χ3n) is 3.52. The Balaban J connectivity index is 1.97. The summed E-state index contributed by atoms with van der Waals surface area (Å²) in [5.41, 5.74) is 3.88.